The molecule has 4 aromatic heterocycles. The number of hydrogen-bond donors (Lipinski definition) is 2. The van der Waals surface area contributed by atoms with E-state index in [0.29, 0.717) is 54.5 Å². The first kappa shape index (κ1) is 33.2. The van der Waals surface area contributed by atoms with E-state index >= 15 is 4.39 Å². The molecule has 5 heterocycles. The van der Waals surface area contributed by atoms with Gasteiger partial charge in [0.1, 0.15) is 17.0 Å². The SMILES string of the molecule is Cn1c2nc(Nc3ccc(N4CCN(C(=O)c5cc(Cn6c(=O)[nH]c(=O)c7c(F)cccc76)ccc5F)CC4)cc3)ncc2c(=O)n1-c1ccccn1. The summed E-state index contributed by atoms with van der Waals surface area (Å²) in [5.74, 6) is -1.17. The maximum atomic E-state index is 15.0. The number of amides is 1. The number of aryl methyl sites for hydroxylation is 1. The fourth-order valence-electron chi connectivity index (χ4n) is 6.61. The van der Waals surface area contributed by atoms with Gasteiger partial charge >= 0.3 is 5.69 Å². The molecule has 7 aromatic rings. The second kappa shape index (κ2) is 13.3. The first-order valence-corrected chi connectivity index (χ1v) is 16.6. The number of aromatic amines is 1. The largest absolute Gasteiger partial charge is 0.368 e. The predicted molar refractivity (Wildman–Crippen MR) is 194 cm³/mol. The fourth-order valence-corrected chi connectivity index (χ4v) is 6.61. The fraction of sp³-hybridized carbons (Fsp3) is 0.162. The topological polar surface area (TPSA) is 156 Å². The second-order valence-electron chi connectivity index (χ2n) is 12.5. The molecule has 3 aromatic carbocycles. The number of nitrogens with one attached hydrogen (secondary N) is 2. The molecule has 14 nitrogen and oxygen atoms in total. The molecular formula is C37H30F2N10O4. The number of hydrogen-bond acceptors (Lipinski definition) is 9. The molecule has 53 heavy (non-hydrogen) atoms. The number of rotatable bonds is 7. The highest BCUT2D eigenvalue weighted by Crippen LogP contribution is 2.23. The Bertz CT molecular complexity index is 2720. The van der Waals surface area contributed by atoms with Crippen molar-refractivity contribution >= 4 is 45.2 Å². The lowest BCUT2D eigenvalue weighted by Gasteiger charge is -2.36. The third-order valence-electron chi connectivity index (χ3n) is 9.30. The van der Waals surface area contributed by atoms with Gasteiger partial charge in [0.05, 0.1) is 23.0 Å². The molecule has 16 heteroatoms. The molecule has 1 amide bonds. The lowest BCUT2D eigenvalue weighted by molar-refractivity contribution is 0.0742. The number of anilines is 3. The highest BCUT2D eigenvalue weighted by Gasteiger charge is 2.25. The van der Waals surface area contributed by atoms with Gasteiger partial charge in [0.25, 0.3) is 17.0 Å². The van der Waals surface area contributed by atoms with Crippen LogP contribution in [-0.2, 0) is 13.6 Å². The van der Waals surface area contributed by atoms with Crippen molar-refractivity contribution in [1.82, 2.24) is 38.8 Å². The summed E-state index contributed by atoms with van der Waals surface area (Å²) < 4.78 is 33.7. The number of benzene rings is 3. The van der Waals surface area contributed by atoms with Crippen molar-refractivity contribution in [3.8, 4) is 5.82 Å². The van der Waals surface area contributed by atoms with Crippen LogP contribution in [0.25, 0.3) is 27.8 Å². The Morgan fingerprint density at radius 2 is 1.68 bits per heavy atom. The number of piperazine rings is 1. The number of fused-ring (bicyclic) bond motifs is 2. The number of halogens is 2. The van der Waals surface area contributed by atoms with E-state index in [1.807, 2.05) is 24.3 Å². The normalized spacial score (nSPS) is 13.2. The summed E-state index contributed by atoms with van der Waals surface area (Å²) >= 11 is 0. The van der Waals surface area contributed by atoms with E-state index in [4.69, 9.17) is 0 Å². The van der Waals surface area contributed by atoms with Gasteiger partial charge in [0.2, 0.25) is 5.95 Å². The first-order chi connectivity index (χ1) is 25.7. The molecule has 8 rings (SSSR count). The number of carbonyl (C=O) groups is 1. The van der Waals surface area contributed by atoms with E-state index in [1.165, 1.54) is 39.7 Å². The molecule has 266 valence electrons. The minimum atomic E-state index is -0.840. The first-order valence-electron chi connectivity index (χ1n) is 16.6. The van der Waals surface area contributed by atoms with Gasteiger partial charge < -0.3 is 15.1 Å². The molecule has 1 aliphatic heterocycles. The maximum absolute atomic E-state index is 15.0. The van der Waals surface area contributed by atoms with E-state index in [2.05, 4.69) is 30.2 Å². The van der Waals surface area contributed by atoms with Crippen LogP contribution in [0.1, 0.15) is 15.9 Å². The number of aromatic nitrogens is 7. The summed E-state index contributed by atoms with van der Waals surface area (Å²) in [6.07, 6.45) is 3.10. The zero-order valence-corrected chi connectivity index (χ0v) is 28.2. The Balaban J connectivity index is 0.930. The van der Waals surface area contributed by atoms with Crippen LogP contribution >= 0.6 is 0 Å². The summed E-state index contributed by atoms with van der Waals surface area (Å²) in [4.78, 5) is 70.4. The molecule has 1 aliphatic rings. The van der Waals surface area contributed by atoms with Crippen LogP contribution in [0.15, 0.2) is 106 Å². The third kappa shape index (κ3) is 6.09. The van der Waals surface area contributed by atoms with Crippen LogP contribution in [0.3, 0.4) is 0 Å². The van der Waals surface area contributed by atoms with Crippen molar-refractivity contribution in [3.63, 3.8) is 0 Å². The summed E-state index contributed by atoms with van der Waals surface area (Å²) in [5.41, 5.74) is 0.618. The molecule has 0 atom stereocenters. The summed E-state index contributed by atoms with van der Waals surface area (Å²) in [6.45, 7) is 1.58. The quantitative estimate of drug-likeness (QED) is 0.252. The standard InChI is InChI=1S/C37H30F2N10O4/c1-45-32-26(35(52)49(45)30-7-2-3-14-40-30)20-41-36(43-32)42-23-9-11-24(12-10-23)46-15-17-47(18-16-46)34(51)25-19-22(8-13-27(25)38)21-48-29-6-4-5-28(39)31(29)33(50)44-37(48)53/h2-14,19-20H,15-18,21H2,1H3,(H,41,42,43)(H,44,50,53). The van der Waals surface area contributed by atoms with Crippen molar-refractivity contribution in [2.24, 2.45) is 7.05 Å². The van der Waals surface area contributed by atoms with Gasteiger partial charge in [-0.3, -0.25) is 28.6 Å². The van der Waals surface area contributed by atoms with E-state index in [9.17, 15) is 23.6 Å². The number of carbonyl (C=O) groups excluding carboxylic acids is 1. The van der Waals surface area contributed by atoms with Crippen molar-refractivity contribution in [1.29, 1.82) is 0 Å². The molecular weight excluding hydrogens is 686 g/mol. The lowest BCUT2D eigenvalue weighted by Crippen LogP contribution is -2.49. The molecule has 0 aliphatic carbocycles. The lowest BCUT2D eigenvalue weighted by atomic mass is 10.1. The monoisotopic (exact) mass is 716 g/mol. The Hall–Kier alpha value is -6.97. The summed E-state index contributed by atoms with van der Waals surface area (Å²) in [6, 6.07) is 20.9. The summed E-state index contributed by atoms with van der Waals surface area (Å²) in [7, 11) is 1.73. The zero-order chi connectivity index (χ0) is 36.8. The van der Waals surface area contributed by atoms with E-state index in [1.54, 1.807) is 41.0 Å². The molecule has 0 radical (unpaired) electrons. The molecule has 0 spiro atoms. The highest BCUT2D eigenvalue weighted by atomic mass is 19.1. The van der Waals surface area contributed by atoms with Crippen LogP contribution in [0.2, 0.25) is 0 Å². The van der Waals surface area contributed by atoms with E-state index < -0.39 is 28.8 Å². The Morgan fingerprint density at radius 1 is 0.887 bits per heavy atom. The number of nitrogens with zero attached hydrogens (tertiary/aromatic N) is 8. The van der Waals surface area contributed by atoms with Crippen molar-refractivity contribution in [2.45, 2.75) is 6.54 Å². The van der Waals surface area contributed by atoms with Crippen LogP contribution < -0.4 is 27.0 Å². The van der Waals surface area contributed by atoms with Crippen molar-refractivity contribution in [2.75, 3.05) is 36.4 Å². The maximum Gasteiger partial charge on any atom is 0.329 e. The predicted octanol–water partition coefficient (Wildman–Crippen LogP) is 3.55. The van der Waals surface area contributed by atoms with E-state index in [0.717, 1.165) is 23.5 Å². The average Bonchev–Trinajstić information content (AvgIpc) is 3.42. The van der Waals surface area contributed by atoms with Gasteiger partial charge in [0, 0.05) is 57.0 Å². The van der Waals surface area contributed by atoms with Gasteiger partial charge in [-0.15, -0.1) is 0 Å². The van der Waals surface area contributed by atoms with E-state index in [-0.39, 0.29) is 28.6 Å². The molecule has 2 N–H and O–H groups in total. The highest BCUT2D eigenvalue weighted by molar-refractivity contribution is 5.95. The smallest absolute Gasteiger partial charge is 0.329 e. The van der Waals surface area contributed by atoms with Gasteiger partial charge in [-0.25, -0.2) is 23.5 Å². The molecule has 0 saturated carbocycles. The minimum absolute atomic E-state index is 0.0894. The minimum Gasteiger partial charge on any atom is -0.368 e. The van der Waals surface area contributed by atoms with Gasteiger partial charge in [0.15, 0.2) is 11.5 Å². The Morgan fingerprint density at radius 3 is 2.43 bits per heavy atom. The van der Waals surface area contributed by atoms with Crippen LogP contribution in [0, 0.1) is 11.6 Å². The van der Waals surface area contributed by atoms with Crippen molar-refractivity contribution < 1.29 is 13.6 Å². The van der Waals surface area contributed by atoms with Crippen molar-refractivity contribution in [3.05, 3.63) is 145 Å². The Kier molecular flexibility index (Phi) is 8.33. The van der Waals surface area contributed by atoms with Crippen LogP contribution in [-0.4, -0.2) is 70.9 Å². The van der Waals surface area contributed by atoms with Crippen LogP contribution in [0.5, 0.6) is 0 Å². The Labute approximate surface area is 298 Å². The van der Waals surface area contributed by atoms with Gasteiger partial charge in [-0.05, 0) is 66.2 Å². The molecule has 1 fully saturated rings. The average molecular weight is 717 g/mol. The molecule has 0 bridgehead atoms. The number of pyridine rings is 1. The van der Waals surface area contributed by atoms with Crippen LogP contribution in [0.4, 0.5) is 26.1 Å². The second-order valence-corrected chi connectivity index (χ2v) is 12.5. The molecule has 1 saturated heterocycles. The summed E-state index contributed by atoms with van der Waals surface area (Å²) in [5, 5.41) is 3.28. The third-order valence-corrected chi connectivity index (χ3v) is 9.30. The molecule has 0 unspecified atom stereocenters. The van der Waals surface area contributed by atoms with Gasteiger partial charge in [-0.1, -0.05) is 18.2 Å². The number of H-pyrrole nitrogens is 1. The van der Waals surface area contributed by atoms with Gasteiger partial charge in [-0.2, -0.15) is 9.67 Å². The zero-order valence-electron chi connectivity index (χ0n) is 28.2.